The molecule has 2 aromatic carbocycles. The standard InChI is InChI=1S/C22H25ClN2O4/c1-3-19-22(27)25(11-4-12-28-2)14-16-13-18(9-10-20(16)29-19)24-21(26)15-5-7-17(23)8-6-15/h5-10,13,19H,3-4,11-12,14H2,1-2H3,(H,24,26). The van der Waals surface area contributed by atoms with Crippen molar-refractivity contribution in [3.8, 4) is 5.75 Å². The third-order valence-electron chi connectivity index (χ3n) is 4.79. The fraction of sp³-hybridized carbons (Fsp3) is 0.364. The number of fused-ring (bicyclic) bond motifs is 1. The monoisotopic (exact) mass is 416 g/mol. The number of hydrogen-bond donors (Lipinski definition) is 1. The van der Waals surface area contributed by atoms with E-state index in [-0.39, 0.29) is 11.8 Å². The Kier molecular flexibility index (Phi) is 7.12. The van der Waals surface area contributed by atoms with Crippen molar-refractivity contribution in [3.05, 3.63) is 58.6 Å². The number of carbonyl (C=O) groups excluding carboxylic acids is 2. The predicted molar refractivity (Wildman–Crippen MR) is 112 cm³/mol. The summed E-state index contributed by atoms with van der Waals surface area (Å²) in [5.74, 6) is 0.422. The highest BCUT2D eigenvalue weighted by Crippen LogP contribution is 2.29. The molecule has 0 aliphatic carbocycles. The van der Waals surface area contributed by atoms with Crippen molar-refractivity contribution in [1.82, 2.24) is 4.90 Å². The molecule has 2 aromatic rings. The molecule has 0 saturated carbocycles. The number of nitrogens with one attached hydrogen (secondary N) is 1. The molecule has 0 fully saturated rings. The number of halogens is 1. The number of benzene rings is 2. The molecule has 0 radical (unpaired) electrons. The van der Waals surface area contributed by atoms with Gasteiger partial charge in [0.05, 0.1) is 0 Å². The molecule has 1 N–H and O–H groups in total. The van der Waals surface area contributed by atoms with E-state index in [2.05, 4.69) is 5.32 Å². The first kappa shape index (κ1) is 21.1. The molecule has 1 atom stereocenters. The Labute approximate surface area is 175 Å². The lowest BCUT2D eigenvalue weighted by Gasteiger charge is -2.23. The van der Waals surface area contributed by atoms with E-state index in [1.165, 1.54) is 0 Å². The first-order valence-corrected chi connectivity index (χ1v) is 10.0. The maximum Gasteiger partial charge on any atom is 0.263 e. The third kappa shape index (κ3) is 5.28. The molecule has 154 valence electrons. The van der Waals surface area contributed by atoms with E-state index in [0.717, 1.165) is 12.0 Å². The molecule has 0 saturated heterocycles. The quantitative estimate of drug-likeness (QED) is 0.689. The van der Waals surface area contributed by atoms with Crippen LogP contribution in [0.5, 0.6) is 5.75 Å². The third-order valence-corrected chi connectivity index (χ3v) is 5.04. The van der Waals surface area contributed by atoms with Gasteiger partial charge >= 0.3 is 0 Å². The zero-order chi connectivity index (χ0) is 20.8. The normalized spacial score (nSPS) is 16.0. The second-order valence-corrected chi connectivity index (χ2v) is 7.34. The van der Waals surface area contributed by atoms with Gasteiger partial charge in [0.2, 0.25) is 0 Å². The highest BCUT2D eigenvalue weighted by Gasteiger charge is 2.29. The Hall–Kier alpha value is -2.57. The summed E-state index contributed by atoms with van der Waals surface area (Å²) in [5, 5.41) is 3.47. The van der Waals surface area contributed by atoms with Crippen LogP contribution in [0.25, 0.3) is 0 Å². The van der Waals surface area contributed by atoms with Gasteiger partial charge in [0, 0.05) is 48.6 Å². The van der Waals surface area contributed by atoms with Crippen LogP contribution in [0, 0.1) is 0 Å². The first-order valence-electron chi connectivity index (χ1n) is 9.66. The Morgan fingerprint density at radius 2 is 2.03 bits per heavy atom. The molecule has 3 rings (SSSR count). The van der Waals surface area contributed by atoms with Crippen LogP contribution in [-0.2, 0) is 16.1 Å². The second-order valence-electron chi connectivity index (χ2n) is 6.90. The fourth-order valence-electron chi connectivity index (χ4n) is 3.24. The number of carbonyl (C=O) groups is 2. The summed E-state index contributed by atoms with van der Waals surface area (Å²) in [6, 6.07) is 12.1. The van der Waals surface area contributed by atoms with Crippen molar-refractivity contribution in [2.45, 2.75) is 32.4 Å². The minimum absolute atomic E-state index is 0.0217. The minimum atomic E-state index is -0.506. The van der Waals surface area contributed by atoms with Crippen molar-refractivity contribution in [3.63, 3.8) is 0 Å². The predicted octanol–water partition coefficient (Wildman–Crippen LogP) is 4.13. The van der Waals surface area contributed by atoms with E-state index >= 15 is 0 Å². The van der Waals surface area contributed by atoms with E-state index in [1.54, 1.807) is 48.4 Å². The number of amides is 2. The van der Waals surface area contributed by atoms with Gasteiger partial charge in [-0.3, -0.25) is 9.59 Å². The molecule has 6 nitrogen and oxygen atoms in total. The maximum absolute atomic E-state index is 12.8. The van der Waals surface area contributed by atoms with E-state index < -0.39 is 6.10 Å². The molecule has 1 aliphatic heterocycles. The lowest BCUT2D eigenvalue weighted by atomic mass is 10.1. The van der Waals surface area contributed by atoms with Gasteiger partial charge in [-0.2, -0.15) is 0 Å². The summed E-state index contributed by atoms with van der Waals surface area (Å²) in [4.78, 5) is 27.1. The molecule has 0 spiro atoms. The highest BCUT2D eigenvalue weighted by molar-refractivity contribution is 6.30. The molecule has 1 unspecified atom stereocenters. The summed E-state index contributed by atoms with van der Waals surface area (Å²) >= 11 is 5.88. The van der Waals surface area contributed by atoms with Crippen molar-refractivity contribution in [2.24, 2.45) is 0 Å². The van der Waals surface area contributed by atoms with Crippen molar-refractivity contribution in [1.29, 1.82) is 0 Å². The number of rotatable bonds is 7. The van der Waals surface area contributed by atoms with Gasteiger partial charge in [0.15, 0.2) is 6.10 Å². The minimum Gasteiger partial charge on any atom is -0.480 e. The molecule has 7 heteroatoms. The van der Waals surface area contributed by atoms with E-state index in [9.17, 15) is 9.59 Å². The summed E-state index contributed by atoms with van der Waals surface area (Å²) < 4.78 is 11.1. The molecule has 1 aliphatic rings. The molecule has 2 amide bonds. The van der Waals surface area contributed by atoms with Gasteiger partial charge in [0.25, 0.3) is 11.8 Å². The van der Waals surface area contributed by atoms with E-state index in [0.29, 0.717) is 48.1 Å². The summed E-state index contributed by atoms with van der Waals surface area (Å²) in [5.41, 5.74) is 2.02. The summed E-state index contributed by atoms with van der Waals surface area (Å²) in [6.07, 6.45) is 0.836. The van der Waals surface area contributed by atoms with Crippen LogP contribution in [0.1, 0.15) is 35.7 Å². The molecular weight excluding hydrogens is 392 g/mol. The number of methoxy groups -OCH3 is 1. The smallest absolute Gasteiger partial charge is 0.263 e. The van der Waals surface area contributed by atoms with Crippen molar-refractivity contribution < 1.29 is 19.1 Å². The zero-order valence-electron chi connectivity index (χ0n) is 16.6. The van der Waals surface area contributed by atoms with Crippen LogP contribution in [0.15, 0.2) is 42.5 Å². The van der Waals surface area contributed by atoms with Crippen molar-refractivity contribution in [2.75, 3.05) is 25.6 Å². The summed E-state index contributed by atoms with van der Waals surface area (Å²) in [6.45, 7) is 3.54. The van der Waals surface area contributed by atoms with E-state index in [4.69, 9.17) is 21.1 Å². The van der Waals surface area contributed by atoms with Gasteiger partial charge in [-0.15, -0.1) is 0 Å². The average Bonchev–Trinajstić information content (AvgIpc) is 2.85. The fourth-order valence-corrected chi connectivity index (χ4v) is 3.36. The van der Waals surface area contributed by atoms with Crippen LogP contribution >= 0.6 is 11.6 Å². The maximum atomic E-state index is 12.8. The Balaban J connectivity index is 1.79. The van der Waals surface area contributed by atoms with Gasteiger partial charge in [0.1, 0.15) is 5.75 Å². The van der Waals surface area contributed by atoms with Gasteiger partial charge in [-0.25, -0.2) is 0 Å². The van der Waals surface area contributed by atoms with Crippen molar-refractivity contribution >= 4 is 29.1 Å². The van der Waals surface area contributed by atoms with Crippen LogP contribution in [-0.4, -0.2) is 43.1 Å². The van der Waals surface area contributed by atoms with Crippen LogP contribution in [0.2, 0.25) is 5.02 Å². The Morgan fingerprint density at radius 1 is 1.28 bits per heavy atom. The van der Waals surface area contributed by atoms with Crippen LogP contribution < -0.4 is 10.1 Å². The Bertz CT molecular complexity index is 870. The molecular formula is C22H25ClN2O4. The molecule has 0 bridgehead atoms. The number of anilines is 1. The van der Waals surface area contributed by atoms with Crippen LogP contribution in [0.4, 0.5) is 5.69 Å². The number of nitrogens with zero attached hydrogens (tertiary/aromatic N) is 1. The van der Waals surface area contributed by atoms with E-state index in [1.807, 2.05) is 13.0 Å². The largest absolute Gasteiger partial charge is 0.480 e. The number of ether oxygens (including phenoxy) is 2. The van der Waals surface area contributed by atoms with Gasteiger partial charge in [-0.05, 0) is 55.3 Å². The molecule has 0 aromatic heterocycles. The van der Waals surface area contributed by atoms with Gasteiger partial charge < -0.3 is 19.7 Å². The molecule has 29 heavy (non-hydrogen) atoms. The second kappa shape index (κ2) is 9.76. The lowest BCUT2D eigenvalue weighted by Crippen LogP contribution is -2.40. The average molecular weight is 417 g/mol. The lowest BCUT2D eigenvalue weighted by molar-refractivity contribution is -0.138. The topological polar surface area (TPSA) is 67.9 Å². The number of hydrogen-bond acceptors (Lipinski definition) is 4. The van der Waals surface area contributed by atoms with Gasteiger partial charge in [-0.1, -0.05) is 18.5 Å². The highest BCUT2D eigenvalue weighted by atomic mass is 35.5. The zero-order valence-corrected chi connectivity index (χ0v) is 17.4. The SMILES string of the molecule is CCC1Oc2ccc(NC(=O)c3ccc(Cl)cc3)cc2CN(CCCOC)C1=O. The molecule has 1 heterocycles. The van der Waals surface area contributed by atoms with Crippen LogP contribution in [0.3, 0.4) is 0 Å². The Morgan fingerprint density at radius 3 is 2.72 bits per heavy atom. The summed E-state index contributed by atoms with van der Waals surface area (Å²) in [7, 11) is 1.65. The first-order chi connectivity index (χ1) is 14.0.